The highest BCUT2D eigenvalue weighted by Crippen LogP contribution is 2.23. The maximum atomic E-state index is 5.44. The number of rotatable bonds is 5. The van der Waals surface area contributed by atoms with Crippen molar-refractivity contribution in [1.29, 1.82) is 0 Å². The number of unbranched alkanes of at least 4 members (excludes halogenated alkanes) is 2. The molecule has 0 fully saturated rings. The first-order valence-electron chi connectivity index (χ1n) is 6.71. The zero-order valence-corrected chi connectivity index (χ0v) is 12.2. The monoisotopic (exact) mass is 263 g/mol. The van der Waals surface area contributed by atoms with Crippen molar-refractivity contribution in [3.63, 3.8) is 0 Å². The minimum Gasteiger partial charge on any atom is -0.329 e. The van der Waals surface area contributed by atoms with Crippen LogP contribution >= 0.6 is 12.2 Å². The number of nitrogens with zero attached hydrogens (tertiary/aromatic N) is 2. The Hall–Kier alpha value is -1.16. The van der Waals surface area contributed by atoms with E-state index in [1.54, 1.807) is 0 Å². The lowest BCUT2D eigenvalue weighted by Crippen LogP contribution is -2.06. The average molecular weight is 263 g/mol. The van der Waals surface area contributed by atoms with Crippen molar-refractivity contribution in [2.24, 2.45) is 0 Å². The molecule has 1 N–H and O–H groups in total. The van der Waals surface area contributed by atoms with Gasteiger partial charge in [-0.05, 0) is 44.1 Å². The fraction of sp³-hybridized carbons (Fsp3) is 0.571. The van der Waals surface area contributed by atoms with Gasteiger partial charge >= 0.3 is 0 Å². The van der Waals surface area contributed by atoms with Gasteiger partial charge in [-0.15, -0.1) is 0 Å². The number of H-pyrrole nitrogens is 1. The van der Waals surface area contributed by atoms with Gasteiger partial charge in [0.25, 0.3) is 0 Å². The molecule has 0 aliphatic carbocycles. The lowest BCUT2D eigenvalue weighted by Gasteiger charge is -2.13. The molecule has 0 spiro atoms. The second-order valence-electron chi connectivity index (χ2n) is 4.97. The number of hydrogen-bond acceptors (Lipinski definition) is 2. The SMILES string of the molecule is CCCCCC(C)n1c(=S)[nH]c2c(C)ccnc21. The van der Waals surface area contributed by atoms with E-state index in [-0.39, 0.29) is 0 Å². The molecule has 0 aliphatic heterocycles. The van der Waals surface area contributed by atoms with Crippen LogP contribution in [0, 0.1) is 11.7 Å². The van der Waals surface area contributed by atoms with Crippen LogP contribution in [-0.2, 0) is 0 Å². The number of imidazole rings is 1. The molecule has 0 aromatic carbocycles. The minimum absolute atomic E-state index is 0.409. The number of nitrogens with one attached hydrogen (secondary N) is 1. The molecule has 4 heteroatoms. The molecule has 0 radical (unpaired) electrons. The molecule has 0 bridgehead atoms. The van der Waals surface area contributed by atoms with Crippen LogP contribution in [0.4, 0.5) is 0 Å². The lowest BCUT2D eigenvalue weighted by atomic mass is 10.1. The molecule has 18 heavy (non-hydrogen) atoms. The Morgan fingerprint density at radius 3 is 2.94 bits per heavy atom. The number of aromatic amines is 1. The van der Waals surface area contributed by atoms with Crippen LogP contribution in [0.15, 0.2) is 12.3 Å². The van der Waals surface area contributed by atoms with Crippen molar-refractivity contribution in [3.8, 4) is 0 Å². The predicted octanol–water partition coefficient (Wildman–Crippen LogP) is 4.54. The summed E-state index contributed by atoms with van der Waals surface area (Å²) < 4.78 is 2.95. The Labute approximate surface area is 113 Å². The Kier molecular flexibility index (Phi) is 4.17. The summed E-state index contributed by atoms with van der Waals surface area (Å²) in [6, 6.07) is 2.42. The van der Waals surface area contributed by atoms with Gasteiger partial charge < -0.3 is 4.98 Å². The quantitative estimate of drug-likeness (QED) is 0.634. The first kappa shape index (κ1) is 13.3. The van der Waals surface area contributed by atoms with E-state index in [1.165, 1.54) is 24.8 Å². The Balaban J connectivity index is 2.35. The largest absolute Gasteiger partial charge is 0.329 e. The summed E-state index contributed by atoms with van der Waals surface area (Å²) in [6.45, 7) is 6.54. The van der Waals surface area contributed by atoms with Crippen molar-refractivity contribution in [1.82, 2.24) is 14.5 Å². The van der Waals surface area contributed by atoms with Crippen molar-refractivity contribution >= 4 is 23.4 Å². The fourth-order valence-electron chi connectivity index (χ4n) is 2.37. The molecule has 0 saturated carbocycles. The second kappa shape index (κ2) is 5.65. The Morgan fingerprint density at radius 1 is 1.44 bits per heavy atom. The van der Waals surface area contributed by atoms with Gasteiger partial charge in [-0.2, -0.15) is 0 Å². The summed E-state index contributed by atoms with van der Waals surface area (Å²) in [5, 5.41) is 0. The van der Waals surface area contributed by atoms with Gasteiger partial charge in [-0.1, -0.05) is 26.2 Å². The third kappa shape index (κ3) is 2.48. The van der Waals surface area contributed by atoms with Crippen LogP contribution in [0.5, 0.6) is 0 Å². The summed E-state index contributed by atoms with van der Waals surface area (Å²) in [5.41, 5.74) is 3.26. The van der Waals surface area contributed by atoms with Crippen molar-refractivity contribution in [2.75, 3.05) is 0 Å². The average Bonchev–Trinajstić information content (AvgIpc) is 2.67. The van der Waals surface area contributed by atoms with E-state index in [9.17, 15) is 0 Å². The molecule has 3 nitrogen and oxygen atoms in total. The normalized spacial score (nSPS) is 13.1. The van der Waals surface area contributed by atoms with Crippen molar-refractivity contribution < 1.29 is 0 Å². The highest BCUT2D eigenvalue weighted by atomic mass is 32.1. The molecule has 1 atom stereocenters. The van der Waals surface area contributed by atoms with Gasteiger partial charge in [0.15, 0.2) is 10.4 Å². The first-order valence-corrected chi connectivity index (χ1v) is 7.11. The molecule has 2 heterocycles. The highest BCUT2D eigenvalue weighted by Gasteiger charge is 2.12. The van der Waals surface area contributed by atoms with Gasteiger partial charge in [-0.3, -0.25) is 4.57 Å². The summed E-state index contributed by atoms with van der Waals surface area (Å²) in [6.07, 6.45) is 6.80. The summed E-state index contributed by atoms with van der Waals surface area (Å²) in [7, 11) is 0. The van der Waals surface area contributed by atoms with E-state index in [0.29, 0.717) is 6.04 Å². The minimum atomic E-state index is 0.409. The van der Waals surface area contributed by atoms with E-state index in [4.69, 9.17) is 12.2 Å². The molecule has 2 rings (SSSR count). The second-order valence-corrected chi connectivity index (χ2v) is 5.36. The van der Waals surface area contributed by atoms with Gasteiger partial charge in [0.2, 0.25) is 0 Å². The number of pyridine rings is 1. The first-order chi connectivity index (χ1) is 8.65. The molecular formula is C14H21N3S. The number of aromatic nitrogens is 3. The highest BCUT2D eigenvalue weighted by molar-refractivity contribution is 7.71. The fourth-order valence-corrected chi connectivity index (χ4v) is 2.74. The van der Waals surface area contributed by atoms with Crippen LogP contribution in [0.3, 0.4) is 0 Å². The zero-order chi connectivity index (χ0) is 13.1. The van der Waals surface area contributed by atoms with E-state index in [0.717, 1.165) is 22.4 Å². The molecule has 2 aromatic heterocycles. The molecule has 0 saturated heterocycles. The summed E-state index contributed by atoms with van der Waals surface area (Å²) in [5.74, 6) is 0. The van der Waals surface area contributed by atoms with E-state index < -0.39 is 0 Å². The number of aryl methyl sites for hydroxylation is 1. The summed E-state index contributed by atoms with van der Waals surface area (Å²) in [4.78, 5) is 7.76. The molecular weight excluding hydrogens is 242 g/mol. The van der Waals surface area contributed by atoms with Crippen molar-refractivity contribution in [2.45, 2.75) is 52.5 Å². The number of hydrogen-bond donors (Lipinski definition) is 1. The van der Waals surface area contributed by atoms with Gasteiger partial charge in [0.05, 0.1) is 5.52 Å². The number of fused-ring (bicyclic) bond motifs is 1. The molecule has 0 aliphatic rings. The Bertz CT molecular complexity index is 582. The zero-order valence-electron chi connectivity index (χ0n) is 11.4. The topological polar surface area (TPSA) is 33.6 Å². The predicted molar refractivity (Wildman–Crippen MR) is 78.5 cm³/mol. The maximum Gasteiger partial charge on any atom is 0.179 e. The summed E-state index contributed by atoms with van der Waals surface area (Å²) >= 11 is 5.44. The smallest absolute Gasteiger partial charge is 0.179 e. The standard InChI is InChI=1S/C14H21N3S/c1-4-5-6-7-11(3)17-13-12(16-14(17)18)10(2)8-9-15-13/h8-9,11H,4-7H2,1-3H3,(H,16,18). The third-order valence-corrected chi connectivity index (χ3v) is 3.78. The Morgan fingerprint density at radius 2 is 2.22 bits per heavy atom. The van der Waals surface area contributed by atoms with Gasteiger partial charge in [0, 0.05) is 12.2 Å². The van der Waals surface area contributed by atoms with Crippen LogP contribution < -0.4 is 0 Å². The van der Waals surface area contributed by atoms with Crippen LogP contribution in [0.2, 0.25) is 0 Å². The lowest BCUT2D eigenvalue weighted by molar-refractivity contribution is 0.481. The van der Waals surface area contributed by atoms with Crippen LogP contribution in [-0.4, -0.2) is 14.5 Å². The van der Waals surface area contributed by atoms with Crippen molar-refractivity contribution in [3.05, 3.63) is 22.6 Å². The van der Waals surface area contributed by atoms with E-state index in [1.807, 2.05) is 12.3 Å². The molecule has 2 aromatic rings. The van der Waals surface area contributed by atoms with Crippen LogP contribution in [0.1, 0.15) is 51.1 Å². The molecule has 1 unspecified atom stereocenters. The van der Waals surface area contributed by atoms with Gasteiger partial charge in [-0.25, -0.2) is 4.98 Å². The molecule has 0 amide bonds. The van der Waals surface area contributed by atoms with E-state index in [2.05, 4.69) is 35.3 Å². The third-order valence-electron chi connectivity index (χ3n) is 3.48. The van der Waals surface area contributed by atoms with Gasteiger partial charge in [0.1, 0.15) is 0 Å². The van der Waals surface area contributed by atoms with Crippen LogP contribution in [0.25, 0.3) is 11.2 Å². The van der Waals surface area contributed by atoms with E-state index >= 15 is 0 Å². The maximum absolute atomic E-state index is 5.44. The molecule has 98 valence electrons.